The molecular weight excluding hydrogens is 176 g/mol. The van der Waals surface area contributed by atoms with Crippen molar-refractivity contribution in [1.29, 1.82) is 0 Å². The fraction of sp³-hybridized carbons (Fsp3) is 0.364. The molecule has 0 aromatic heterocycles. The molecule has 0 saturated carbocycles. The number of carbonyl (C=O) groups excluding carboxylic acids is 1. The normalized spacial score (nSPS) is 26.3. The molecule has 1 aromatic rings. The van der Waals surface area contributed by atoms with E-state index in [1.807, 2.05) is 30.3 Å². The third-order valence-electron chi connectivity index (χ3n) is 2.75. The molecule has 14 heavy (non-hydrogen) atoms. The van der Waals surface area contributed by atoms with Gasteiger partial charge in [0.15, 0.2) is 0 Å². The van der Waals surface area contributed by atoms with Gasteiger partial charge in [-0.3, -0.25) is 4.79 Å². The number of primary amides is 1. The van der Waals surface area contributed by atoms with E-state index in [-0.39, 0.29) is 17.9 Å². The lowest BCUT2D eigenvalue weighted by Crippen LogP contribution is -2.28. The highest BCUT2D eigenvalue weighted by Crippen LogP contribution is 2.28. The molecule has 0 radical (unpaired) electrons. The minimum atomic E-state index is -0.205. The minimum absolute atomic E-state index is 0.0580. The number of carbonyl (C=O) groups is 1. The monoisotopic (exact) mass is 190 g/mol. The minimum Gasteiger partial charge on any atom is -0.369 e. The van der Waals surface area contributed by atoms with Gasteiger partial charge in [-0.1, -0.05) is 30.3 Å². The van der Waals surface area contributed by atoms with Gasteiger partial charge in [-0.2, -0.15) is 0 Å². The van der Waals surface area contributed by atoms with E-state index in [2.05, 4.69) is 5.32 Å². The molecule has 3 nitrogen and oxygen atoms in total. The molecule has 0 aliphatic carbocycles. The lowest BCUT2D eigenvalue weighted by atomic mass is 9.94. The van der Waals surface area contributed by atoms with Crippen LogP contribution in [0.3, 0.4) is 0 Å². The van der Waals surface area contributed by atoms with Crippen molar-refractivity contribution in [1.82, 2.24) is 5.32 Å². The highest BCUT2D eigenvalue weighted by atomic mass is 16.1. The van der Waals surface area contributed by atoms with Crippen molar-refractivity contribution in [2.45, 2.75) is 12.5 Å². The first-order valence-corrected chi connectivity index (χ1v) is 4.86. The largest absolute Gasteiger partial charge is 0.369 e. The molecule has 1 amide bonds. The van der Waals surface area contributed by atoms with Gasteiger partial charge in [0.05, 0.1) is 5.92 Å². The van der Waals surface area contributed by atoms with E-state index < -0.39 is 0 Å². The predicted octanol–water partition coefficient (Wildman–Crippen LogP) is 0.822. The molecule has 1 aromatic carbocycles. The number of nitrogens with one attached hydrogen (secondary N) is 1. The molecule has 74 valence electrons. The number of amides is 1. The van der Waals surface area contributed by atoms with Crippen LogP contribution in [0.2, 0.25) is 0 Å². The van der Waals surface area contributed by atoms with Crippen molar-refractivity contribution in [2.75, 3.05) is 6.54 Å². The van der Waals surface area contributed by atoms with Gasteiger partial charge in [-0.25, -0.2) is 0 Å². The zero-order valence-corrected chi connectivity index (χ0v) is 7.94. The molecule has 3 heteroatoms. The molecule has 1 heterocycles. The summed E-state index contributed by atoms with van der Waals surface area (Å²) in [4.78, 5) is 11.2. The van der Waals surface area contributed by atoms with Gasteiger partial charge in [0, 0.05) is 6.04 Å². The predicted molar refractivity (Wildman–Crippen MR) is 54.5 cm³/mol. The molecule has 0 bridgehead atoms. The summed E-state index contributed by atoms with van der Waals surface area (Å²) in [7, 11) is 0. The summed E-state index contributed by atoms with van der Waals surface area (Å²) in [5.74, 6) is -0.263. The summed E-state index contributed by atoms with van der Waals surface area (Å²) >= 11 is 0. The van der Waals surface area contributed by atoms with Crippen molar-refractivity contribution in [2.24, 2.45) is 11.7 Å². The fourth-order valence-electron chi connectivity index (χ4n) is 2.02. The Balaban J connectivity index is 2.22. The van der Waals surface area contributed by atoms with Crippen LogP contribution in [0.5, 0.6) is 0 Å². The highest BCUT2D eigenvalue weighted by molar-refractivity contribution is 5.78. The number of hydrogen-bond donors (Lipinski definition) is 2. The summed E-state index contributed by atoms with van der Waals surface area (Å²) < 4.78 is 0. The first-order chi connectivity index (χ1) is 6.79. The van der Waals surface area contributed by atoms with E-state index in [0.717, 1.165) is 18.5 Å². The number of benzene rings is 1. The molecule has 1 aliphatic heterocycles. The second-order valence-electron chi connectivity index (χ2n) is 3.64. The Bertz CT molecular complexity index is 323. The number of hydrogen-bond acceptors (Lipinski definition) is 2. The van der Waals surface area contributed by atoms with Crippen LogP contribution in [-0.4, -0.2) is 12.5 Å². The van der Waals surface area contributed by atoms with Gasteiger partial charge in [0.25, 0.3) is 0 Å². The van der Waals surface area contributed by atoms with Crippen molar-refractivity contribution in [3.05, 3.63) is 35.9 Å². The Morgan fingerprint density at radius 3 is 2.71 bits per heavy atom. The summed E-state index contributed by atoms with van der Waals surface area (Å²) in [6.45, 7) is 0.868. The van der Waals surface area contributed by atoms with E-state index in [4.69, 9.17) is 5.73 Å². The summed E-state index contributed by atoms with van der Waals surface area (Å²) in [5.41, 5.74) is 6.49. The Morgan fingerprint density at radius 2 is 2.07 bits per heavy atom. The summed E-state index contributed by atoms with van der Waals surface area (Å²) in [6.07, 6.45) is 0.842. The van der Waals surface area contributed by atoms with E-state index in [1.165, 1.54) is 0 Å². The molecule has 1 saturated heterocycles. The Labute approximate surface area is 83.3 Å². The van der Waals surface area contributed by atoms with Crippen molar-refractivity contribution in [3.8, 4) is 0 Å². The van der Waals surface area contributed by atoms with Gasteiger partial charge >= 0.3 is 0 Å². The third kappa shape index (κ3) is 1.63. The average molecular weight is 190 g/mol. The van der Waals surface area contributed by atoms with Gasteiger partial charge in [-0.05, 0) is 18.5 Å². The second kappa shape index (κ2) is 3.80. The van der Waals surface area contributed by atoms with Crippen molar-refractivity contribution in [3.63, 3.8) is 0 Å². The molecule has 0 spiro atoms. The lowest BCUT2D eigenvalue weighted by Gasteiger charge is -2.16. The molecular formula is C11H14N2O. The van der Waals surface area contributed by atoms with Gasteiger partial charge in [0.2, 0.25) is 5.91 Å². The van der Waals surface area contributed by atoms with Crippen LogP contribution in [0.1, 0.15) is 18.0 Å². The average Bonchev–Trinajstić information content (AvgIpc) is 2.67. The molecule has 2 atom stereocenters. The molecule has 1 aliphatic rings. The van der Waals surface area contributed by atoms with E-state index in [9.17, 15) is 4.79 Å². The van der Waals surface area contributed by atoms with Crippen LogP contribution in [0.4, 0.5) is 0 Å². The van der Waals surface area contributed by atoms with Crippen LogP contribution in [0, 0.1) is 5.92 Å². The molecule has 2 unspecified atom stereocenters. The van der Waals surface area contributed by atoms with Crippen molar-refractivity contribution < 1.29 is 4.79 Å². The molecule has 3 N–H and O–H groups in total. The maximum Gasteiger partial charge on any atom is 0.222 e. The van der Waals surface area contributed by atoms with Gasteiger partial charge in [0.1, 0.15) is 0 Å². The van der Waals surface area contributed by atoms with Crippen LogP contribution < -0.4 is 11.1 Å². The number of nitrogens with two attached hydrogens (primary N) is 1. The Hall–Kier alpha value is -1.35. The fourth-order valence-corrected chi connectivity index (χ4v) is 2.02. The first-order valence-electron chi connectivity index (χ1n) is 4.86. The maximum absolute atomic E-state index is 11.2. The summed E-state index contributed by atoms with van der Waals surface area (Å²) in [6, 6.07) is 10.1. The van der Waals surface area contributed by atoms with Gasteiger partial charge in [-0.15, -0.1) is 0 Å². The Kier molecular flexibility index (Phi) is 2.50. The molecule has 1 fully saturated rings. The van der Waals surface area contributed by atoms with Crippen LogP contribution in [0.25, 0.3) is 0 Å². The van der Waals surface area contributed by atoms with E-state index in [1.54, 1.807) is 0 Å². The third-order valence-corrected chi connectivity index (χ3v) is 2.75. The van der Waals surface area contributed by atoms with Crippen LogP contribution in [0.15, 0.2) is 30.3 Å². The lowest BCUT2D eigenvalue weighted by molar-refractivity contribution is -0.122. The van der Waals surface area contributed by atoms with Crippen molar-refractivity contribution >= 4 is 5.91 Å². The summed E-state index contributed by atoms with van der Waals surface area (Å²) in [5, 5.41) is 3.30. The zero-order chi connectivity index (χ0) is 9.97. The topological polar surface area (TPSA) is 55.1 Å². The quantitative estimate of drug-likeness (QED) is 0.725. The van der Waals surface area contributed by atoms with Gasteiger partial charge < -0.3 is 11.1 Å². The smallest absolute Gasteiger partial charge is 0.222 e. The van der Waals surface area contributed by atoms with E-state index in [0.29, 0.717) is 0 Å². The first kappa shape index (κ1) is 9.21. The highest BCUT2D eigenvalue weighted by Gasteiger charge is 2.31. The standard InChI is InChI=1S/C11H14N2O/c12-11(14)9-6-7-13-10(9)8-4-2-1-3-5-8/h1-5,9-10,13H,6-7H2,(H2,12,14). The van der Waals surface area contributed by atoms with E-state index >= 15 is 0 Å². The zero-order valence-electron chi connectivity index (χ0n) is 7.94. The SMILES string of the molecule is NC(=O)C1CCNC1c1ccccc1. The van der Waals surface area contributed by atoms with Crippen LogP contribution in [-0.2, 0) is 4.79 Å². The number of rotatable bonds is 2. The molecule has 2 rings (SSSR count). The maximum atomic E-state index is 11.2. The second-order valence-corrected chi connectivity index (χ2v) is 3.64. The Morgan fingerprint density at radius 1 is 1.36 bits per heavy atom. The van der Waals surface area contributed by atoms with Crippen LogP contribution >= 0.6 is 0 Å².